The molecule has 2 heterocycles. The summed E-state index contributed by atoms with van der Waals surface area (Å²) in [6, 6.07) is 9.52. The molecule has 1 aliphatic heterocycles. The van der Waals surface area contributed by atoms with Crippen molar-refractivity contribution in [2.24, 2.45) is 0 Å². The van der Waals surface area contributed by atoms with Gasteiger partial charge in [0.05, 0.1) is 23.4 Å². The van der Waals surface area contributed by atoms with Gasteiger partial charge < -0.3 is 0 Å². The molecule has 2 amide bonds. The Morgan fingerprint density at radius 3 is 2.67 bits per heavy atom. The Bertz CT molecular complexity index is 649. The standard InChI is InChI=1S/C12H8IN3O2/c13-11-10-8(6-9(17)14-12(10)18)15-16(11)7-4-2-1-3-5-7/h1-5H,6H2,(H,14,17,18). The van der Waals surface area contributed by atoms with Crippen molar-refractivity contribution < 1.29 is 9.59 Å². The molecule has 0 aliphatic carbocycles. The number of benzene rings is 1. The number of aromatic nitrogens is 2. The van der Waals surface area contributed by atoms with E-state index in [0.29, 0.717) is 11.3 Å². The molecule has 0 radical (unpaired) electrons. The van der Waals surface area contributed by atoms with Gasteiger partial charge in [0.1, 0.15) is 3.70 Å². The normalized spacial score (nSPS) is 14.3. The zero-order valence-corrected chi connectivity index (χ0v) is 11.3. The van der Waals surface area contributed by atoms with E-state index in [1.165, 1.54) is 0 Å². The maximum Gasteiger partial charge on any atom is 0.262 e. The highest BCUT2D eigenvalue weighted by Crippen LogP contribution is 2.23. The Morgan fingerprint density at radius 2 is 1.94 bits per heavy atom. The molecule has 1 aromatic carbocycles. The number of rotatable bonds is 1. The largest absolute Gasteiger partial charge is 0.292 e. The molecule has 6 heteroatoms. The van der Waals surface area contributed by atoms with E-state index < -0.39 is 0 Å². The molecule has 1 aliphatic rings. The summed E-state index contributed by atoms with van der Waals surface area (Å²) in [5.74, 6) is -0.672. The summed E-state index contributed by atoms with van der Waals surface area (Å²) in [5.41, 5.74) is 1.91. The van der Waals surface area contributed by atoms with E-state index in [9.17, 15) is 9.59 Å². The Labute approximate surface area is 116 Å². The summed E-state index contributed by atoms with van der Waals surface area (Å²) in [4.78, 5) is 23.1. The molecular weight excluding hydrogens is 345 g/mol. The first-order chi connectivity index (χ1) is 8.66. The van der Waals surface area contributed by atoms with Crippen molar-refractivity contribution in [3.8, 4) is 5.69 Å². The van der Waals surface area contributed by atoms with Crippen molar-refractivity contribution in [1.82, 2.24) is 15.1 Å². The van der Waals surface area contributed by atoms with Crippen molar-refractivity contribution in [2.45, 2.75) is 6.42 Å². The Hall–Kier alpha value is -1.70. The second-order valence-electron chi connectivity index (χ2n) is 3.91. The maximum atomic E-state index is 11.8. The molecule has 0 bridgehead atoms. The zero-order chi connectivity index (χ0) is 12.7. The fourth-order valence-corrected chi connectivity index (χ4v) is 2.86. The van der Waals surface area contributed by atoms with Gasteiger partial charge in [-0.1, -0.05) is 18.2 Å². The third-order valence-electron chi connectivity index (χ3n) is 2.71. The molecule has 0 saturated carbocycles. The molecule has 0 fully saturated rings. The lowest BCUT2D eigenvalue weighted by Gasteiger charge is -2.09. The Balaban J connectivity index is 2.18. The number of halogens is 1. The Morgan fingerprint density at radius 1 is 1.22 bits per heavy atom. The quantitative estimate of drug-likeness (QED) is 0.621. The first kappa shape index (κ1) is 11.4. The monoisotopic (exact) mass is 353 g/mol. The van der Waals surface area contributed by atoms with E-state index in [1.54, 1.807) is 4.68 Å². The zero-order valence-electron chi connectivity index (χ0n) is 9.18. The van der Waals surface area contributed by atoms with Crippen LogP contribution in [0.5, 0.6) is 0 Å². The number of carbonyl (C=O) groups excluding carboxylic acids is 2. The smallest absolute Gasteiger partial charge is 0.262 e. The van der Waals surface area contributed by atoms with E-state index in [4.69, 9.17) is 0 Å². The molecule has 1 aromatic heterocycles. The molecular formula is C12H8IN3O2. The van der Waals surface area contributed by atoms with Crippen molar-refractivity contribution in [3.63, 3.8) is 0 Å². The molecule has 5 nitrogen and oxygen atoms in total. The van der Waals surface area contributed by atoms with Crippen molar-refractivity contribution in [1.29, 1.82) is 0 Å². The van der Waals surface area contributed by atoms with Crippen LogP contribution < -0.4 is 5.32 Å². The van der Waals surface area contributed by atoms with Crippen molar-refractivity contribution >= 4 is 34.4 Å². The molecule has 3 rings (SSSR count). The summed E-state index contributed by atoms with van der Waals surface area (Å²) in [5, 5.41) is 6.65. The summed E-state index contributed by atoms with van der Waals surface area (Å²) >= 11 is 2.07. The van der Waals surface area contributed by atoms with E-state index in [1.807, 2.05) is 30.3 Å². The van der Waals surface area contributed by atoms with Crippen molar-refractivity contribution in [2.75, 3.05) is 0 Å². The van der Waals surface area contributed by atoms with E-state index in [0.717, 1.165) is 9.39 Å². The van der Waals surface area contributed by atoms with Crippen LogP contribution in [0.3, 0.4) is 0 Å². The van der Waals surface area contributed by atoms with Crippen molar-refractivity contribution in [3.05, 3.63) is 45.3 Å². The number of nitrogens with zero attached hydrogens (tertiary/aromatic N) is 2. The summed E-state index contributed by atoms with van der Waals surface area (Å²) in [6.07, 6.45) is 0.150. The summed E-state index contributed by atoms with van der Waals surface area (Å²) in [7, 11) is 0. The van der Waals surface area contributed by atoms with Gasteiger partial charge in [0.25, 0.3) is 5.91 Å². The van der Waals surface area contributed by atoms with Crippen LogP contribution in [0.25, 0.3) is 5.69 Å². The molecule has 0 saturated heterocycles. The number of amides is 2. The van der Waals surface area contributed by atoms with E-state index in [-0.39, 0.29) is 18.2 Å². The van der Waals surface area contributed by atoms with Gasteiger partial charge in [-0.15, -0.1) is 0 Å². The molecule has 2 aromatic rings. The lowest BCUT2D eigenvalue weighted by atomic mass is 10.1. The summed E-state index contributed by atoms with van der Waals surface area (Å²) < 4.78 is 2.41. The van der Waals surface area contributed by atoms with Crippen LogP contribution in [-0.2, 0) is 11.2 Å². The number of para-hydroxylation sites is 1. The van der Waals surface area contributed by atoms with Crippen LogP contribution in [0.2, 0.25) is 0 Å². The molecule has 90 valence electrons. The minimum Gasteiger partial charge on any atom is -0.292 e. The number of hydrogen-bond acceptors (Lipinski definition) is 3. The predicted molar refractivity (Wildman–Crippen MR) is 72.5 cm³/mol. The minimum absolute atomic E-state index is 0.150. The lowest BCUT2D eigenvalue weighted by Crippen LogP contribution is -2.37. The van der Waals surface area contributed by atoms with Crippen LogP contribution in [0, 0.1) is 3.70 Å². The van der Waals surface area contributed by atoms with Gasteiger partial charge in [-0.05, 0) is 34.7 Å². The van der Waals surface area contributed by atoms with Gasteiger partial charge in [-0.3, -0.25) is 14.9 Å². The van der Waals surface area contributed by atoms with Crippen LogP contribution in [-0.4, -0.2) is 21.6 Å². The van der Waals surface area contributed by atoms with Gasteiger partial charge in [0.2, 0.25) is 5.91 Å². The van der Waals surface area contributed by atoms with Gasteiger partial charge in [0.15, 0.2) is 0 Å². The maximum absolute atomic E-state index is 11.8. The average molecular weight is 353 g/mol. The SMILES string of the molecule is O=C1Cc2nn(-c3ccccc3)c(I)c2C(=O)N1. The van der Waals surface area contributed by atoms with Gasteiger partial charge in [-0.2, -0.15) is 5.10 Å². The first-order valence-electron chi connectivity index (χ1n) is 5.34. The second-order valence-corrected chi connectivity index (χ2v) is 4.94. The molecule has 0 unspecified atom stereocenters. The fraction of sp³-hybridized carbons (Fsp3) is 0.0833. The van der Waals surface area contributed by atoms with Gasteiger partial charge in [-0.25, -0.2) is 4.68 Å². The number of hydrogen-bond donors (Lipinski definition) is 1. The molecule has 18 heavy (non-hydrogen) atoms. The highest BCUT2D eigenvalue weighted by molar-refractivity contribution is 14.1. The van der Waals surface area contributed by atoms with Crippen LogP contribution in [0.1, 0.15) is 16.1 Å². The lowest BCUT2D eigenvalue weighted by molar-refractivity contribution is -0.119. The van der Waals surface area contributed by atoms with Crippen LogP contribution in [0.15, 0.2) is 30.3 Å². The highest BCUT2D eigenvalue weighted by Gasteiger charge is 2.29. The number of carbonyl (C=O) groups is 2. The van der Waals surface area contributed by atoms with E-state index >= 15 is 0 Å². The minimum atomic E-state index is -0.368. The number of imide groups is 1. The number of nitrogens with one attached hydrogen (secondary N) is 1. The molecule has 0 atom stereocenters. The second kappa shape index (κ2) is 4.20. The number of fused-ring (bicyclic) bond motifs is 1. The highest BCUT2D eigenvalue weighted by atomic mass is 127. The molecule has 1 N–H and O–H groups in total. The van der Waals surface area contributed by atoms with Crippen LogP contribution >= 0.6 is 22.6 Å². The first-order valence-corrected chi connectivity index (χ1v) is 6.41. The summed E-state index contributed by atoms with van der Waals surface area (Å²) in [6.45, 7) is 0. The van der Waals surface area contributed by atoms with E-state index in [2.05, 4.69) is 33.0 Å². The third-order valence-corrected chi connectivity index (χ3v) is 3.71. The van der Waals surface area contributed by atoms with Gasteiger partial charge in [0, 0.05) is 0 Å². The predicted octanol–water partition coefficient (Wildman–Crippen LogP) is 1.29. The molecule has 0 spiro atoms. The Kier molecular flexibility index (Phi) is 2.66. The van der Waals surface area contributed by atoms with Gasteiger partial charge >= 0.3 is 0 Å². The average Bonchev–Trinajstić information content (AvgIpc) is 2.67. The van der Waals surface area contributed by atoms with Crippen LogP contribution in [0.4, 0.5) is 0 Å². The third kappa shape index (κ3) is 1.72. The fourth-order valence-electron chi connectivity index (χ4n) is 1.91. The topological polar surface area (TPSA) is 64.0 Å².